The van der Waals surface area contributed by atoms with E-state index in [-0.39, 0.29) is 38.4 Å². The van der Waals surface area contributed by atoms with Crippen LogP contribution in [0.3, 0.4) is 0 Å². The number of carbonyl (C=O) groups excluding carboxylic acids is 2. The molecule has 0 aliphatic carbocycles. The number of sulfone groups is 1. The molecule has 0 atom stereocenters. The predicted molar refractivity (Wildman–Crippen MR) is 165 cm³/mol. The number of aliphatic hydroxyl groups excluding tert-OH is 1. The lowest BCUT2D eigenvalue weighted by Crippen LogP contribution is -2.40. The molecule has 3 aromatic rings. The lowest BCUT2D eigenvalue weighted by atomic mass is 10.0. The summed E-state index contributed by atoms with van der Waals surface area (Å²) < 4.78 is 26.6. The number of halogens is 2. The van der Waals surface area contributed by atoms with E-state index >= 15 is 0 Å². The third kappa shape index (κ3) is 6.28. The first-order valence-electron chi connectivity index (χ1n) is 13.7. The second-order valence-electron chi connectivity index (χ2n) is 10.7. The minimum Gasteiger partial charge on any atom is -0.393 e. The van der Waals surface area contributed by atoms with Crippen molar-refractivity contribution in [3.63, 3.8) is 0 Å². The second kappa shape index (κ2) is 12.2. The van der Waals surface area contributed by atoms with Gasteiger partial charge >= 0.3 is 0 Å². The molecule has 0 radical (unpaired) electrons. The van der Waals surface area contributed by atoms with Crippen LogP contribution in [0.15, 0.2) is 41.3 Å². The highest BCUT2D eigenvalue weighted by atomic mass is 35.5. The topological polar surface area (TPSA) is 132 Å². The van der Waals surface area contributed by atoms with Gasteiger partial charge in [0.25, 0.3) is 11.8 Å². The summed E-state index contributed by atoms with van der Waals surface area (Å²) in [5.74, 6) is -0.985. The van der Waals surface area contributed by atoms with Crippen molar-refractivity contribution in [2.75, 3.05) is 31.5 Å². The molecule has 222 valence electrons. The molecule has 12 heteroatoms. The highest BCUT2D eigenvalue weighted by molar-refractivity contribution is 7.90. The minimum absolute atomic E-state index is 0.0299. The molecule has 1 fully saturated rings. The Kier molecular flexibility index (Phi) is 8.82. The SMILES string of the molecule is Cc1[nH]c(C=C2C(=O)Nc3ccc(S(=O)(=O)Cc4c(Cl)cccc4Cl)cc32)c(C)c1C(=O)NCCN1CCC(O)CC1. The van der Waals surface area contributed by atoms with Crippen molar-refractivity contribution in [2.24, 2.45) is 0 Å². The van der Waals surface area contributed by atoms with E-state index in [1.807, 2.05) is 0 Å². The van der Waals surface area contributed by atoms with Gasteiger partial charge in [-0.05, 0) is 68.7 Å². The van der Waals surface area contributed by atoms with Gasteiger partial charge in [-0.1, -0.05) is 29.3 Å². The van der Waals surface area contributed by atoms with Crippen LogP contribution in [0.2, 0.25) is 10.0 Å². The number of H-pyrrole nitrogens is 1. The predicted octanol–water partition coefficient (Wildman–Crippen LogP) is 4.59. The van der Waals surface area contributed by atoms with E-state index in [1.54, 1.807) is 44.2 Å². The summed E-state index contributed by atoms with van der Waals surface area (Å²) >= 11 is 12.4. The van der Waals surface area contributed by atoms with Crippen LogP contribution in [0.4, 0.5) is 5.69 Å². The zero-order valence-electron chi connectivity index (χ0n) is 23.3. The van der Waals surface area contributed by atoms with Gasteiger partial charge in [0, 0.05) is 64.4 Å². The van der Waals surface area contributed by atoms with Gasteiger partial charge in [-0.15, -0.1) is 0 Å². The Morgan fingerprint density at radius 3 is 2.52 bits per heavy atom. The molecule has 2 aliphatic rings. The maximum absolute atomic E-state index is 13.3. The van der Waals surface area contributed by atoms with E-state index in [0.29, 0.717) is 52.4 Å². The molecular formula is C30H32Cl2N4O5S. The zero-order chi connectivity index (χ0) is 30.2. The number of hydrogen-bond acceptors (Lipinski definition) is 6. The number of carbonyl (C=O) groups is 2. The largest absolute Gasteiger partial charge is 0.393 e. The van der Waals surface area contributed by atoms with Crippen LogP contribution in [-0.2, 0) is 20.4 Å². The molecule has 2 aromatic carbocycles. The molecule has 5 rings (SSSR count). The maximum Gasteiger partial charge on any atom is 0.256 e. The number of likely N-dealkylation sites (tertiary alicyclic amines) is 1. The van der Waals surface area contributed by atoms with Crippen molar-refractivity contribution in [3.05, 3.63) is 80.1 Å². The van der Waals surface area contributed by atoms with Crippen LogP contribution < -0.4 is 10.6 Å². The molecule has 0 saturated carbocycles. The normalized spacial score (nSPS) is 17.0. The number of aliphatic hydroxyl groups is 1. The van der Waals surface area contributed by atoms with E-state index in [4.69, 9.17) is 23.2 Å². The van der Waals surface area contributed by atoms with Crippen LogP contribution in [-0.4, -0.2) is 67.5 Å². The van der Waals surface area contributed by atoms with Gasteiger partial charge < -0.3 is 25.6 Å². The molecule has 1 saturated heterocycles. The quantitative estimate of drug-likeness (QED) is 0.269. The number of aryl methyl sites for hydroxylation is 1. The van der Waals surface area contributed by atoms with Crippen molar-refractivity contribution in [2.45, 2.75) is 43.4 Å². The number of piperidine rings is 1. The summed E-state index contributed by atoms with van der Waals surface area (Å²) in [5.41, 5.74) is 3.94. The summed E-state index contributed by atoms with van der Waals surface area (Å²) in [5, 5.41) is 16.0. The molecule has 0 bridgehead atoms. The molecule has 42 heavy (non-hydrogen) atoms. The highest BCUT2D eigenvalue weighted by Gasteiger charge is 2.29. The third-order valence-corrected chi connectivity index (χ3v) is 10.1. The van der Waals surface area contributed by atoms with Crippen LogP contribution in [0.5, 0.6) is 0 Å². The number of aromatic nitrogens is 1. The van der Waals surface area contributed by atoms with Gasteiger partial charge in [0.05, 0.1) is 27.9 Å². The van der Waals surface area contributed by atoms with Crippen molar-refractivity contribution < 1.29 is 23.1 Å². The summed E-state index contributed by atoms with van der Waals surface area (Å²) in [6, 6.07) is 9.29. The van der Waals surface area contributed by atoms with E-state index in [2.05, 4.69) is 20.5 Å². The average Bonchev–Trinajstić information content (AvgIpc) is 3.41. The van der Waals surface area contributed by atoms with Gasteiger partial charge in [-0.2, -0.15) is 0 Å². The van der Waals surface area contributed by atoms with Crippen LogP contribution in [0, 0.1) is 13.8 Å². The maximum atomic E-state index is 13.3. The first kappa shape index (κ1) is 30.3. The first-order valence-corrected chi connectivity index (χ1v) is 16.1. The summed E-state index contributed by atoms with van der Waals surface area (Å²) in [6.07, 6.45) is 2.87. The summed E-state index contributed by atoms with van der Waals surface area (Å²) in [7, 11) is -3.85. The number of hydrogen-bond donors (Lipinski definition) is 4. The van der Waals surface area contributed by atoms with Crippen molar-refractivity contribution in [3.8, 4) is 0 Å². The van der Waals surface area contributed by atoms with E-state index < -0.39 is 15.6 Å². The average molecular weight is 632 g/mol. The second-order valence-corrected chi connectivity index (χ2v) is 13.5. The van der Waals surface area contributed by atoms with Gasteiger partial charge in [0.15, 0.2) is 9.84 Å². The third-order valence-electron chi connectivity index (χ3n) is 7.79. The molecule has 3 heterocycles. The molecule has 0 unspecified atom stereocenters. The Morgan fingerprint density at radius 2 is 1.83 bits per heavy atom. The molecule has 4 N–H and O–H groups in total. The minimum atomic E-state index is -3.85. The number of aromatic amines is 1. The molecule has 9 nitrogen and oxygen atoms in total. The number of nitrogens with zero attached hydrogens (tertiary/aromatic N) is 1. The fraction of sp³-hybridized carbons (Fsp3) is 0.333. The Morgan fingerprint density at radius 1 is 1.14 bits per heavy atom. The number of anilines is 1. The number of amides is 2. The Balaban J connectivity index is 1.37. The van der Waals surface area contributed by atoms with Crippen molar-refractivity contribution in [1.82, 2.24) is 15.2 Å². The number of rotatable bonds is 8. The molecular weight excluding hydrogens is 599 g/mol. The molecule has 2 amide bonds. The number of benzene rings is 2. The fourth-order valence-electron chi connectivity index (χ4n) is 5.41. The van der Waals surface area contributed by atoms with Crippen molar-refractivity contribution in [1.29, 1.82) is 0 Å². The van der Waals surface area contributed by atoms with Gasteiger partial charge in [-0.3, -0.25) is 9.59 Å². The summed E-state index contributed by atoms with van der Waals surface area (Å²) in [6.45, 7) is 6.38. The Bertz CT molecular complexity index is 1670. The summed E-state index contributed by atoms with van der Waals surface area (Å²) in [4.78, 5) is 31.5. The standard InChI is InChI=1S/C30H32Cl2N4O5S/c1-17-27(34-18(2)28(17)30(39)33-10-13-36-11-8-19(37)9-12-36)15-22-21-14-20(6-7-26(21)35-29(22)38)42(40,41)16-23-24(31)4-3-5-25(23)32/h3-7,14-15,19,34,37H,8-13,16H2,1-2H3,(H,33,39)(H,35,38). The lowest BCUT2D eigenvalue weighted by molar-refractivity contribution is -0.110. The number of nitrogens with one attached hydrogen (secondary N) is 3. The Labute approximate surface area is 254 Å². The Hall–Kier alpha value is -3.15. The zero-order valence-corrected chi connectivity index (χ0v) is 25.6. The van der Waals surface area contributed by atoms with E-state index in [1.165, 1.54) is 12.1 Å². The molecule has 1 aromatic heterocycles. The van der Waals surface area contributed by atoms with Crippen LogP contribution >= 0.6 is 23.2 Å². The number of fused-ring (bicyclic) bond motifs is 1. The lowest BCUT2D eigenvalue weighted by Gasteiger charge is -2.29. The van der Waals surface area contributed by atoms with E-state index in [0.717, 1.165) is 25.9 Å². The highest BCUT2D eigenvalue weighted by Crippen LogP contribution is 2.37. The van der Waals surface area contributed by atoms with Gasteiger partial charge in [0.2, 0.25) is 0 Å². The smallest absolute Gasteiger partial charge is 0.256 e. The van der Waals surface area contributed by atoms with Crippen molar-refractivity contribution >= 4 is 62.2 Å². The van der Waals surface area contributed by atoms with Gasteiger partial charge in [0.1, 0.15) is 0 Å². The van der Waals surface area contributed by atoms with E-state index in [9.17, 15) is 23.1 Å². The first-order chi connectivity index (χ1) is 19.9. The fourth-order valence-corrected chi connectivity index (χ4v) is 7.53. The monoisotopic (exact) mass is 630 g/mol. The van der Waals surface area contributed by atoms with Gasteiger partial charge in [-0.25, -0.2) is 8.42 Å². The van der Waals surface area contributed by atoms with Crippen LogP contribution in [0.1, 0.15) is 51.3 Å². The van der Waals surface area contributed by atoms with Crippen LogP contribution in [0.25, 0.3) is 11.6 Å². The molecule has 2 aliphatic heterocycles. The molecule has 0 spiro atoms.